The van der Waals surface area contributed by atoms with E-state index in [9.17, 15) is 14.4 Å². The van der Waals surface area contributed by atoms with E-state index in [2.05, 4.69) is 42.4 Å². The van der Waals surface area contributed by atoms with Crippen LogP contribution in [0, 0.1) is 11.8 Å². The first-order chi connectivity index (χ1) is 28.9. The number of amides is 3. The van der Waals surface area contributed by atoms with Crippen LogP contribution in [-0.4, -0.2) is 97.1 Å². The van der Waals surface area contributed by atoms with Gasteiger partial charge in [0.15, 0.2) is 5.65 Å². The van der Waals surface area contributed by atoms with Gasteiger partial charge in [-0.1, -0.05) is 66.4 Å². The van der Waals surface area contributed by atoms with Crippen molar-refractivity contribution in [3.8, 4) is 17.7 Å². The monoisotopic (exact) mass is 804 g/mol. The Morgan fingerprint density at radius 3 is 2.14 bits per heavy atom. The second kappa shape index (κ2) is 22.5. The number of nitrogen functional groups attached to an aromatic ring is 1. The predicted octanol–water partition coefficient (Wildman–Crippen LogP) is 3.43. The normalized spacial score (nSPS) is 11.8. The van der Waals surface area contributed by atoms with Gasteiger partial charge < -0.3 is 49.9 Å². The number of para-hydroxylation sites is 1. The number of nitrogens with one attached hydrogen (secondary N) is 3. The lowest BCUT2D eigenvalue weighted by atomic mass is 10.0. The van der Waals surface area contributed by atoms with Crippen LogP contribution in [0.2, 0.25) is 0 Å². The van der Waals surface area contributed by atoms with E-state index in [-0.39, 0.29) is 56.1 Å². The van der Waals surface area contributed by atoms with E-state index in [1.165, 1.54) is 6.33 Å². The maximum Gasteiger partial charge on any atom is 0.245 e. The van der Waals surface area contributed by atoms with Gasteiger partial charge in [-0.15, -0.1) is 0 Å². The largest absolute Gasteiger partial charge is 0.471 e. The zero-order valence-corrected chi connectivity index (χ0v) is 32.7. The number of nitrogens with two attached hydrogens (primary N) is 1. The Bertz CT molecular complexity index is 2220. The highest BCUT2D eigenvalue weighted by atomic mass is 16.6. The van der Waals surface area contributed by atoms with Crippen molar-refractivity contribution < 1.29 is 38.1 Å². The van der Waals surface area contributed by atoms with E-state index in [1.54, 1.807) is 4.90 Å². The molecular formula is C43H48N8O8. The summed E-state index contributed by atoms with van der Waals surface area (Å²) in [5.41, 5.74) is 12.0. The average molecular weight is 805 g/mol. The molecule has 3 amide bonds. The van der Waals surface area contributed by atoms with Crippen molar-refractivity contribution in [2.45, 2.75) is 39.0 Å². The molecule has 0 aliphatic carbocycles. The number of carbonyl (C=O) groups is 3. The molecule has 2 aromatic heterocycles. The Hall–Kier alpha value is -6.38. The lowest BCUT2D eigenvalue weighted by molar-refractivity contribution is -0.125. The number of rotatable bonds is 23. The van der Waals surface area contributed by atoms with Crippen molar-refractivity contribution in [1.82, 2.24) is 30.6 Å². The molecule has 0 bridgehead atoms. The second-order valence-electron chi connectivity index (χ2n) is 13.3. The number of aromatic amines is 1. The van der Waals surface area contributed by atoms with Crippen LogP contribution in [0.15, 0.2) is 79.1 Å². The third-order valence-corrected chi connectivity index (χ3v) is 9.06. The molecule has 1 aliphatic heterocycles. The number of H-pyrrole nitrogens is 1. The Labute approximate surface area is 342 Å². The Balaban J connectivity index is 0.719. The van der Waals surface area contributed by atoms with Crippen LogP contribution in [0.3, 0.4) is 0 Å². The summed E-state index contributed by atoms with van der Waals surface area (Å²) in [4.78, 5) is 54.9. The van der Waals surface area contributed by atoms with Crippen LogP contribution in [0.5, 0.6) is 5.88 Å². The fraction of sp³-hybridized carbons (Fsp3) is 0.349. The summed E-state index contributed by atoms with van der Waals surface area (Å²) in [6.07, 6.45) is 1.89. The number of imidazole rings is 1. The molecule has 3 heterocycles. The molecule has 16 heteroatoms. The Morgan fingerprint density at radius 2 is 1.36 bits per heavy atom. The summed E-state index contributed by atoms with van der Waals surface area (Å²) in [5.74, 6) is 6.35. The first-order valence-corrected chi connectivity index (χ1v) is 19.4. The topological polar surface area (TPSA) is 205 Å². The van der Waals surface area contributed by atoms with Crippen LogP contribution in [-0.2, 0) is 53.0 Å². The Morgan fingerprint density at radius 1 is 0.712 bits per heavy atom. The molecule has 59 heavy (non-hydrogen) atoms. The zero-order valence-electron chi connectivity index (χ0n) is 32.7. The highest BCUT2D eigenvalue weighted by molar-refractivity contribution is 5.97. The summed E-state index contributed by atoms with van der Waals surface area (Å²) in [6.45, 7) is 4.31. The van der Waals surface area contributed by atoms with Gasteiger partial charge in [0.25, 0.3) is 0 Å². The van der Waals surface area contributed by atoms with Crippen molar-refractivity contribution in [2.24, 2.45) is 0 Å². The number of ether oxygens (including phenoxy) is 5. The van der Waals surface area contributed by atoms with Crippen molar-refractivity contribution in [2.75, 3.05) is 70.0 Å². The van der Waals surface area contributed by atoms with Gasteiger partial charge in [0, 0.05) is 43.5 Å². The van der Waals surface area contributed by atoms with E-state index >= 15 is 0 Å². The first-order valence-electron chi connectivity index (χ1n) is 19.4. The maximum atomic E-state index is 13.3. The number of benzene rings is 3. The lowest BCUT2D eigenvalue weighted by Crippen LogP contribution is -2.34. The van der Waals surface area contributed by atoms with Gasteiger partial charge in [0.05, 0.1) is 71.4 Å². The number of fused-ring (bicyclic) bond motifs is 3. The van der Waals surface area contributed by atoms with Gasteiger partial charge in [-0.3, -0.25) is 14.4 Å². The van der Waals surface area contributed by atoms with Crippen LogP contribution >= 0.6 is 0 Å². The average Bonchev–Trinajstić information content (AvgIpc) is 3.72. The maximum absolute atomic E-state index is 13.3. The van der Waals surface area contributed by atoms with E-state index < -0.39 is 0 Å². The number of nitrogens with zero attached hydrogens (tertiary/aromatic N) is 4. The van der Waals surface area contributed by atoms with E-state index in [0.29, 0.717) is 82.9 Å². The molecule has 0 unspecified atom stereocenters. The minimum Gasteiger partial charge on any atom is -0.471 e. The standard InChI is InChI=1S/C43H48N8O8/c44-43-49-41-40(47-30-48-41)42(50-43)59-29-32-11-9-31(10-12-32)27-46-38(53)17-19-55-21-23-57-25-26-58-24-22-56-20-18-45-37(52)15-16-39(54)51-28-35-7-2-1-5-33(35)13-14-34-6-3-4-8-36(34)51/h1-12,30H,15-29H2,(H,45,52)(H,46,53)(H3,44,47,48,49,50). The number of aromatic nitrogens is 4. The molecule has 16 nitrogen and oxygen atoms in total. The van der Waals surface area contributed by atoms with Gasteiger partial charge in [-0.2, -0.15) is 9.97 Å². The molecule has 0 spiro atoms. The SMILES string of the molecule is Nc1nc(OCc2ccc(CNC(=O)CCOCCOCCOCCOCCNC(=O)CCC(=O)N3Cc4ccccc4C#Cc4ccccc43)cc2)c2[nH]cnc2n1. The lowest BCUT2D eigenvalue weighted by Gasteiger charge is -2.26. The number of carbonyl (C=O) groups excluding carboxylic acids is 3. The summed E-state index contributed by atoms with van der Waals surface area (Å²) >= 11 is 0. The molecular weight excluding hydrogens is 757 g/mol. The summed E-state index contributed by atoms with van der Waals surface area (Å²) in [5, 5.41) is 5.70. The molecule has 0 radical (unpaired) electrons. The van der Waals surface area contributed by atoms with Gasteiger partial charge >= 0.3 is 0 Å². The van der Waals surface area contributed by atoms with Crippen molar-refractivity contribution in [3.63, 3.8) is 0 Å². The summed E-state index contributed by atoms with van der Waals surface area (Å²) in [6, 6.07) is 23.0. The zero-order chi connectivity index (χ0) is 41.1. The molecule has 3 aromatic carbocycles. The second-order valence-corrected chi connectivity index (χ2v) is 13.3. The third kappa shape index (κ3) is 13.3. The molecule has 0 saturated heterocycles. The minimum absolute atomic E-state index is 0.0734. The van der Waals surface area contributed by atoms with Gasteiger partial charge in [-0.05, 0) is 34.9 Å². The summed E-state index contributed by atoms with van der Waals surface area (Å²) in [7, 11) is 0. The molecule has 1 aliphatic rings. The minimum atomic E-state index is -0.214. The smallest absolute Gasteiger partial charge is 0.245 e. The Kier molecular flexibility index (Phi) is 16.1. The quantitative estimate of drug-likeness (QED) is 0.0554. The van der Waals surface area contributed by atoms with Crippen molar-refractivity contribution in [1.29, 1.82) is 0 Å². The van der Waals surface area contributed by atoms with Crippen molar-refractivity contribution >= 4 is 40.5 Å². The first kappa shape index (κ1) is 42.2. The van der Waals surface area contributed by atoms with E-state index in [1.807, 2.05) is 72.8 Å². The van der Waals surface area contributed by atoms with E-state index in [4.69, 9.17) is 29.4 Å². The fourth-order valence-corrected chi connectivity index (χ4v) is 5.96. The molecule has 0 fully saturated rings. The fourth-order valence-electron chi connectivity index (χ4n) is 5.96. The number of anilines is 2. The number of hydrogen-bond donors (Lipinski definition) is 4. The third-order valence-electron chi connectivity index (χ3n) is 9.06. The molecule has 5 aromatic rings. The molecule has 6 rings (SSSR count). The van der Waals surface area contributed by atoms with Gasteiger partial charge in [0.1, 0.15) is 12.1 Å². The van der Waals surface area contributed by atoms with E-state index in [0.717, 1.165) is 33.5 Å². The van der Waals surface area contributed by atoms with Crippen molar-refractivity contribution in [3.05, 3.63) is 107 Å². The van der Waals surface area contributed by atoms with Crippen LogP contribution in [0.1, 0.15) is 47.1 Å². The van der Waals surface area contributed by atoms with Gasteiger partial charge in [-0.25, -0.2) is 4.98 Å². The van der Waals surface area contributed by atoms with Crippen LogP contribution < -0.4 is 26.0 Å². The van der Waals surface area contributed by atoms with Crippen LogP contribution in [0.25, 0.3) is 11.2 Å². The number of hydrogen-bond acceptors (Lipinski definition) is 12. The molecule has 308 valence electrons. The summed E-state index contributed by atoms with van der Waals surface area (Å²) < 4.78 is 27.9. The highest BCUT2D eigenvalue weighted by Crippen LogP contribution is 2.26. The molecule has 0 saturated carbocycles. The molecule has 5 N–H and O–H groups in total. The van der Waals surface area contributed by atoms with Crippen LogP contribution in [0.4, 0.5) is 11.6 Å². The molecule has 0 atom stereocenters. The van der Waals surface area contributed by atoms with Gasteiger partial charge in [0.2, 0.25) is 29.5 Å². The highest BCUT2D eigenvalue weighted by Gasteiger charge is 2.22. The predicted molar refractivity (Wildman–Crippen MR) is 219 cm³/mol.